The number of ether oxygens (including phenoxy) is 1. The van der Waals surface area contributed by atoms with Gasteiger partial charge in [0, 0.05) is 23.5 Å². The van der Waals surface area contributed by atoms with E-state index in [1.807, 2.05) is 55.5 Å². The van der Waals surface area contributed by atoms with E-state index in [0.29, 0.717) is 30.8 Å². The van der Waals surface area contributed by atoms with Crippen LogP contribution in [0.1, 0.15) is 18.9 Å². The number of carbonyl (C=O) groups excluding carboxylic acids is 2. The first-order valence-corrected chi connectivity index (χ1v) is 10.8. The summed E-state index contributed by atoms with van der Waals surface area (Å²) in [4.78, 5) is 24.5. The van der Waals surface area contributed by atoms with Crippen LogP contribution < -0.4 is 20.7 Å². The SMILES string of the molecule is C=C(C)COc1ccc(NC(=O)CNc2cccc(NC(=O)CCc3ccccc3)c2)cc1. The lowest BCUT2D eigenvalue weighted by atomic mass is 10.1. The van der Waals surface area contributed by atoms with Crippen LogP contribution in [0.15, 0.2) is 91.0 Å². The van der Waals surface area contributed by atoms with Crippen LogP contribution in [0.4, 0.5) is 17.1 Å². The molecule has 0 aromatic heterocycles. The minimum atomic E-state index is -0.178. The number of anilines is 3. The molecule has 0 aliphatic heterocycles. The van der Waals surface area contributed by atoms with Gasteiger partial charge in [-0.2, -0.15) is 0 Å². The Kier molecular flexibility index (Phi) is 8.65. The first-order valence-electron chi connectivity index (χ1n) is 10.8. The van der Waals surface area contributed by atoms with Gasteiger partial charge in [0.25, 0.3) is 0 Å². The molecule has 6 nitrogen and oxygen atoms in total. The first-order chi connectivity index (χ1) is 16.0. The maximum Gasteiger partial charge on any atom is 0.243 e. The molecule has 0 aliphatic rings. The lowest BCUT2D eigenvalue weighted by molar-refractivity contribution is -0.116. The van der Waals surface area contributed by atoms with E-state index in [1.165, 1.54) is 0 Å². The molecule has 0 bridgehead atoms. The van der Waals surface area contributed by atoms with E-state index < -0.39 is 0 Å². The van der Waals surface area contributed by atoms with Crippen molar-refractivity contribution in [1.29, 1.82) is 0 Å². The predicted octanol–water partition coefficient (Wildman–Crippen LogP) is 5.26. The van der Waals surface area contributed by atoms with E-state index in [9.17, 15) is 9.59 Å². The minimum Gasteiger partial charge on any atom is -0.489 e. The summed E-state index contributed by atoms with van der Waals surface area (Å²) in [6.45, 7) is 6.26. The third-order valence-corrected chi connectivity index (χ3v) is 4.71. The summed E-state index contributed by atoms with van der Waals surface area (Å²) in [5, 5.41) is 8.83. The topological polar surface area (TPSA) is 79.5 Å². The molecular weight excluding hydrogens is 414 g/mol. The summed E-state index contributed by atoms with van der Waals surface area (Å²) in [6, 6.07) is 24.4. The Morgan fingerprint density at radius 1 is 0.818 bits per heavy atom. The second-order valence-electron chi connectivity index (χ2n) is 7.79. The van der Waals surface area contributed by atoms with Gasteiger partial charge in [0.2, 0.25) is 11.8 Å². The average Bonchev–Trinajstić information content (AvgIpc) is 2.82. The number of rotatable bonds is 11. The van der Waals surface area contributed by atoms with Gasteiger partial charge < -0.3 is 20.7 Å². The Balaban J connectivity index is 1.43. The van der Waals surface area contributed by atoms with Crippen molar-refractivity contribution in [3.63, 3.8) is 0 Å². The van der Waals surface area contributed by atoms with Gasteiger partial charge in [-0.3, -0.25) is 9.59 Å². The molecule has 0 spiro atoms. The fraction of sp³-hybridized carbons (Fsp3) is 0.185. The monoisotopic (exact) mass is 443 g/mol. The lowest BCUT2D eigenvalue weighted by Crippen LogP contribution is -2.21. The zero-order valence-electron chi connectivity index (χ0n) is 18.8. The van der Waals surface area contributed by atoms with Crippen molar-refractivity contribution in [3.8, 4) is 5.75 Å². The van der Waals surface area contributed by atoms with Gasteiger partial charge in [0.15, 0.2) is 0 Å². The molecule has 6 heteroatoms. The van der Waals surface area contributed by atoms with Crippen molar-refractivity contribution in [2.75, 3.05) is 29.1 Å². The summed E-state index contributed by atoms with van der Waals surface area (Å²) in [6.07, 6.45) is 1.09. The van der Waals surface area contributed by atoms with Crippen molar-refractivity contribution in [1.82, 2.24) is 0 Å². The second kappa shape index (κ2) is 12.1. The van der Waals surface area contributed by atoms with Gasteiger partial charge in [-0.05, 0) is 66.9 Å². The molecule has 0 heterocycles. The highest BCUT2D eigenvalue weighted by Crippen LogP contribution is 2.17. The zero-order valence-corrected chi connectivity index (χ0v) is 18.8. The van der Waals surface area contributed by atoms with E-state index in [4.69, 9.17) is 4.74 Å². The Morgan fingerprint density at radius 3 is 2.24 bits per heavy atom. The van der Waals surface area contributed by atoms with Gasteiger partial charge in [-0.15, -0.1) is 0 Å². The number of nitrogens with one attached hydrogen (secondary N) is 3. The summed E-state index contributed by atoms with van der Waals surface area (Å²) < 4.78 is 5.55. The number of aryl methyl sites for hydroxylation is 1. The molecule has 3 aromatic carbocycles. The van der Waals surface area contributed by atoms with Crippen LogP contribution in [0.5, 0.6) is 5.75 Å². The van der Waals surface area contributed by atoms with Gasteiger partial charge in [0.05, 0.1) is 6.54 Å². The van der Waals surface area contributed by atoms with Crippen molar-refractivity contribution >= 4 is 28.9 Å². The molecule has 3 rings (SSSR count). The van der Waals surface area contributed by atoms with Crippen molar-refractivity contribution in [2.45, 2.75) is 19.8 Å². The van der Waals surface area contributed by atoms with Gasteiger partial charge >= 0.3 is 0 Å². The largest absolute Gasteiger partial charge is 0.489 e. The predicted molar refractivity (Wildman–Crippen MR) is 134 cm³/mol. The molecule has 0 radical (unpaired) electrons. The van der Waals surface area contributed by atoms with Gasteiger partial charge in [-0.1, -0.05) is 43.0 Å². The van der Waals surface area contributed by atoms with Crippen molar-refractivity contribution in [2.24, 2.45) is 0 Å². The second-order valence-corrected chi connectivity index (χ2v) is 7.79. The Hall–Kier alpha value is -4.06. The van der Waals surface area contributed by atoms with E-state index in [0.717, 1.165) is 22.6 Å². The standard InChI is InChI=1S/C27H29N3O3/c1-20(2)19-33-25-14-12-22(13-15-25)29-27(32)18-28-23-9-6-10-24(17-23)30-26(31)16-11-21-7-4-3-5-8-21/h3-10,12-15,17,28H,1,11,16,18-19H2,2H3,(H,29,32)(H,30,31). The van der Waals surface area contributed by atoms with E-state index >= 15 is 0 Å². The molecule has 170 valence electrons. The minimum absolute atomic E-state index is 0.0515. The van der Waals surface area contributed by atoms with Gasteiger partial charge in [0.1, 0.15) is 12.4 Å². The molecule has 3 aromatic rings. The maximum atomic E-state index is 12.3. The van der Waals surface area contributed by atoms with E-state index in [1.54, 1.807) is 30.3 Å². The van der Waals surface area contributed by atoms with Crippen molar-refractivity contribution < 1.29 is 14.3 Å². The zero-order chi connectivity index (χ0) is 23.5. The molecule has 33 heavy (non-hydrogen) atoms. The first kappa shape index (κ1) is 23.6. The van der Waals surface area contributed by atoms with Crippen LogP contribution >= 0.6 is 0 Å². The van der Waals surface area contributed by atoms with Crippen LogP contribution in [-0.4, -0.2) is 25.0 Å². The summed E-state index contributed by atoms with van der Waals surface area (Å²) >= 11 is 0. The Morgan fingerprint density at radius 2 is 1.52 bits per heavy atom. The molecule has 0 unspecified atom stereocenters. The highest BCUT2D eigenvalue weighted by molar-refractivity contribution is 5.94. The van der Waals surface area contributed by atoms with Crippen LogP contribution in [0.3, 0.4) is 0 Å². The molecule has 0 saturated carbocycles. The molecular formula is C27H29N3O3. The fourth-order valence-corrected chi connectivity index (χ4v) is 3.06. The molecule has 0 saturated heterocycles. The third kappa shape index (κ3) is 8.53. The Labute approximate surface area is 194 Å². The summed E-state index contributed by atoms with van der Waals surface area (Å²) in [7, 11) is 0. The quantitative estimate of drug-likeness (QED) is 0.353. The number of hydrogen-bond donors (Lipinski definition) is 3. The van der Waals surface area contributed by atoms with Crippen LogP contribution in [0, 0.1) is 0 Å². The molecule has 0 atom stereocenters. The maximum absolute atomic E-state index is 12.3. The van der Waals surface area contributed by atoms with Crippen molar-refractivity contribution in [3.05, 3.63) is 96.6 Å². The molecule has 0 aliphatic carbocycles. The normalized spacial score (nSPS) is 10.2. The highest BCUT2D eigenvalue weighted by atomic mass is 16.5. The number of benzene rings is 3. The third-order valence-electron chi connectivity index (χ3n) is 4.71. The Bertz CT molecular complexity index is 1080. The molecule has 2 amide bonds. The molecule has 3 N–H and O–H groups in total. The number of amides is 2. The van der Waals surface area contributed by atoms with Gasteiger partial charge in [-0.25, -0.2) is 0 Å². The summed E-state index contributed by atoms with van der Waals surface area (Å²) in [5.41, 5.74) is 4.18. The number of carbonyl (C=O) groups is 2. The van der Waals surface area contributed by atoms with E-state index in [-0.39, 0.29) is 18.4 Å². The smallest absolute Gasteiger partial charge is 0.243 e. The van der Waals surface area contributed by atoms with Crippen LogP contribution in [-0.2, 0) is 16.0 Å². The number of hydrogen-bond acceptors (Lipinski definition) is 4. The van der Waals surface area contributed by atoms with Crippen LogP contribution in [0.25, 0.3) is 0 Å². The fourth-order valence-electron chi connectivity index (χ4n) is 3.06. The molecule has 0 fully saturated rings. The summed E-state index contributed by atoms with van der Waals surface area (Å²) in [5.74, 6) is 0.490. The lowest BCUT2D eigenvalue weighted by Gasteiger charge is -2.11. The van der Waals surface area contributed by atoms with E-state index in [2.05, 4.69) is 22.5 Å². The van der Waals surface area contributed by atoms with Crippen LogP contribution in [0.2, 0.25) is 0 Å². The highest BCUT2D eigenvalue weighted by Gasteiger charge is 2.06. The average molecular weight is 444 g/mol.